The van der Waals surface area contributed by atoms with E-state index in [4.69, 9.17) is 9.52 Å². The summed E-state index contributed by atoms with van der Waals surface area (Å²) in [7, 11) is 0. The number of piperazine rings is 1. The zero-order valence-electron chi connectivity index (χ0n) is 18.6. The number of nitrogens with zero attached hydrogens (tertiary/aromatic N) is 4. The maximum absolute atomic E-state index is 12.9. The number of rotatable bonds is 6. The van der Waals surface area contributed by atoms with Crippen LogP contribution >= 0.6 is 0 Å². The molecule has 34 heavy (non-hydrogen) atoms. The van der Waals surface area contributed by atoms with Gasteiger partial charge in [-0.3, -0.25) is 14.5 Å². The molecule has 0 aliphatic carbocycles. The summed E-state index contributed by atoms with van der Waals surface area (Å²) in [4.78, 5) is 29.2. The van der Waals surface area contributed by atoms with Crippen molar-refractivity contribution in [3.63, 3.8) is 0 Å². The van der Waals surface area contributed by atoms with Crippen molar-refractivity contribution in [2.75, 3.05) is 38.0 Å². The number of hydrogen-bond donors (Lipinski definition) is 1. The van der Waals surface area contributed by atoms with E-state index < -0.39 is 0 Å². The fourth-order valence-electron chi connectivity index (χ4n) is 4.04. The van der Waals surface area contributed by atoms with Gasteiger partial charge in [-0.15, -0.1) is 0 Å². The summed E-state index contributed by atoms with van der Waals surface area (Å²) in [6.07, 6.45) is 1.50. The molecule has 4 aromatic rings. The van der Waals surface area contributed by atoms with Crippen molar-refractivity contribution >= 4 is 17.6 Å². The van der Waals surface area contributed by atoms with Crippen LogP contribution in [0, 0.1) is 0 Å². The largest absolute Gasteiger partial charge is 0.459 e. The van der Waals surface area contributed by atoms with E-state index >= 15 is 0 Å². The third kappa shape index (κ3) is 4.77. The lowest BCUT2D eigenvalue weighted by molar-refractivity contribution is -0.117. The number of para-hydroxylation sites is 1. The third-order valence-corrected chi connectivity index (χ3v) is 5.81. The molecule has 8 nitrogen and oxygen atoms in total. The van der Waals surface area contributed by atoms with Crippen molar-refractivity contribution < 1.29 is 14.0 Å². The summed E-state index contributed by atoms with van der Waals surface area (Å²) in [6.45, 7) is 2.57. The third-order valence-electron chi connectivity index (χ3n) is 5.81. The second kappa shape index (κ2) is 9.76. The lowest BCUT2D eigenvalue weighted by atomic mass is 10.1. The van der Waals surface area contributed by atoms with Crippen molar-refractivity contribution in [3.05, 3.63) is 90.9 Å². The number of hydrogen-bond acceptors (Lipinski definition) is 5. The second-order valence-electron chi connectivity index (χ2n) is 8.12. The van der Waals surface area contributed by atoms with E-state index in [0.29, 0.717) is 37.8 Å². The summed E-state index contributed by atoms with van der Waals surface area (Å²) >= 11 is 0. The molecule has 0 bridgehead atoms. The first-order valence-electron chi connectivity index (χ1n) is 11.2. The average Bonchev–Trinajstić information content (AvgIpc) is 3.56. The number of furan rings is 1. The number of carbonyl (C=O) groups excluding carboxylic acids is 2. The van der Waals surface area contributed by atoms with E-state index in [2.05, 4.69) is 5.32 Å². The average molecular weight is 456 g/mol. The van der Waals surface area contributed by atoms with E-state index in [0.717, 1.165) is 16.9 Å². The minimum atomic E-state index is -0.123. The fourth-order valence-corrected chi connectivity index (χ4v) is 4.04. The molecule has 0 atom stereocenters. The number of anilines is 1. The Balaban J connectivity index is 1.25. The molecule has 2 amide bonds. The van der Waals surface area contributed by atoms with Crippen LogP contribution in [0.2, 0.25) is 0 Å². The first-order chi connectivity index (χ1) is 16.7. The van der Waals surface area contributed by atoms with Crippen molar-refractivity contribution in [3.8, 4) is 16.9 Å². The predicted octanol–water partition coefficient (Wildman–Crippen LogP) is 3.53. The molecule has 8 heteroatoms. The molecule has 0 radical (unpaired) electrons. The topological polar surface area (TPSA) is 83.6 Å². The van der Waals surface area contributed by atoms with E-state index in [1.54, 1.807) is 21.7 Å². The zero-order valence-corrected chi connectivity index (χ0v) is 18.6. The Bertz CT molecular complexity index is 1240. The Morgan fingerprint density at radius 2 is 1.59 bits per heavy atom. The molecular weight excluding hydrogens is 430 g/mol. The quantitative estimate of drug-likeness (QED) is 0.481. The summed E-state index contributed by atoms with van der Waals surface area (Å²) in [6, 6.07) is 24.9. The van der Waals surface area contributed by atoms with Crippen LogP contribution in [0.25, 0.3) is 16.9 Å². The highest BCUT2D eigenvalue weighted by Gasteiger charge is 2.25. The molecule has 172 valence electrons. The maximum Gasteiger partial charge on any atom is 0.289 e. The van der Waals surface area contributed by atoms with Gasteiger partial charge in [0.05, 0.1) is 24.2 Å². The first kappa shape index (κ1) is 21.7. The zero-order chi connectivity index (χ0) is 23.3. The van der Waals surface area contributed by atoms with Crippen LogP contribution in [0.3, 0.4) is 0 Å². The Morgan fingerprint density at radius 1 is 0.882 bits per heavy atom. The molecule has 2 aromatic carbocycles. The van der Waals surface area contributed by atoms with Gasteiger partial charge >= 0.3 is 0 Å². The molecule has 1 N–H and O–H groups in total. The Labute approximate surface area is 197 Å². The number of aromatic nitrogens is 2. The molecule has 1 saturated heterocycles. The first-order valence-corrected chi connectivity index (χ1v) is 11.2. The van der Waals surface area contributed by atoms with Crippen LogP contribution in [0.5, 0.6) is 0 Å². The molecule has 1 fully saturated rings. The molecule has 1 aliphatic heterocycles. The van der Waals surface area contributed by atoms with Gasteiger partial charge in [0, 0.05) is 37.8 Å². The van der Waals surface area contributed by atoms with Gasteiger partial charge in [-0.05, 0) is 24.3 Å². The monoisotopic (exact) mass is 455 g/mol. The summed E-state index contributed by atoms with van der Waals surface area (Å²) in [5.41, 5.74) is 2.62. The number of amides is 2. The molecular formula is C26H25N5O3. The van der Waals surface area contributed by atoms with Gasteiger partial charge in [0.15, 0.2) is 5.76 Å². The number of benzene rings is 2. The fraction of sp³-hybridized carbons (Fsp3) is 0.192. The van der Waals surface area contributed by atoms with Crippen LogP contribution in [0.1, 0.15) is 10.6 Å². The highest BCUT2D eigenvalue weighted by molar-refractivity contribution is 5.93. The minimum Gasteiger partial charge on any atom is -0.459 e. The highest BCUT2D eigenvalue weighted by Crippen LogP contribution is 2.24. The van der Waals surface area contributed by atoms with Crippen molar-refractivity contribution in [2.45, 2.75) is 0 Å². The van der Waals surface area contributed by atoms with Gasteiger partial charge in [0.1, 0.15) is 5.82 Å². The van der Waals surface area contributed by atoms with Crippen molar-refractivity contribution in [1.29, 1.82) is 0 Å². The molecule has 0 saturated carbocycles. The SMILES string of the molecule is O=C(CN1CCN(C(=O)c2ccco2)CC1)Nc1cc(-c2ccccc2)nn1-c1ccccc1. The highest BCUT2D eigenvalue weighted by atomic mass is 16.3. The molecule has 2 aromatic heterocycles. The van der Waals surface area contributed by atoms with Crippen LogP contribution in [0.15, 0.2) is 89.5 Å². The van der Waals surface area contributed by atoms with Crippen molar-refractivity contribution in [2.24, 2.45) is 0 Å². The standard InChI is InChI=1S/C26H25N5O3/c32-25(19-29-13-15-30(16-14-29)26(33)23-12-7-17-34-23)27-24-18-22(20-8-3-1-4-9-20)28-31(24)21-10-5-2-6-11-21/h1-12,17-18H,13-16,19H2,(H,27,32). The van der Waals surface area contributed by atoms with Crippen LogP contribution in [-0.2, 0) is 4.79 Å². The number of carbonyl (C=O) groups is 2. The van der Waals surface area contributed by atoms with E-state index in [1.807, 2.05) is 71.6 Å². The smallest absolute Gasteiger partial charge is 0.289 e. The van der Waals surface area contributed by atoms with E-state index in [1.165, 1.54) is 6.26 Å². The summed E-state index contributed by atoms with van der Waals surface area (Å²) < 4.78 is 6.96. The molecule has 0 spiro atoms. The van der Waals surface area contributed by atoms with E-state index in [-0.39, 0.29) is 18.4 Å². The molecule has 0 unspecified atom stereocenters. The predicted molar refractivity (Wildman–Crippen MR) is 129 cm³/mol. The van der Waals surface area contributed by atoms with Crippen LogP contribution in [0.4, 0.5) is 5.82 Å². The normalized spacial score (nSPS) is 14.2. The second-order valence-corrected chi connectivity index (χ2v) is 8.12. The molecule has 5 rings (SSSR count). The van der Waals surface area contributed by atoms with Gasteiger partial charge < -0.3 is 14.6 Å². The lowest BCUT2D eigenvalue weighted by Crippen LogP contribution is -2.50. The van der Waals surface area contributed by atoms with Gasteiger partial charge in [-0.2, -0.15) is 5.10 Å². The van der Waals surface area contributed by atoms with Crippen LogP contribution in [-0.4, -0.2) is 64.1 Å². The summed E-state index contributed by atoms with van der Waals surface area (Å²) in [5.74, 6) is 0.716. The molecule has 1 aliphatic rings. The van der Waals surface area contributed by atoms with E-state index in [9.17, 15) is 9.59 Å². The van der Waals surface area contributed by atoms with Crippen LogP contribution < -0.4 is 5.32 Å². The lowest BCUT2D eigenvalue weighted by Gasteiger charge is -2.33. The van der Waals surface area contributed by atoms with Crippen molar-refractivity contribution in [1.82, 2.24) is 19.6 Å². The Kier molecular flexibility index (Phi) is 6.22. The number of nitrogens with one attached hydrogen (secondary N) is 1. The Morgan fingerprint density at radius 3 is 2.26 bits per heavy atom. The minimum absolute atomic E-state index is 0.116. The molecule has 3 heterocycles. The van der Waals surface area contributed by atoms with Gasteiger partial charge in [0.2, 0.25) is 5.91 Å². The van der Waals surface area contributed by atoms with Gasteiger partial charge in [-0.1, -0.05) is 48.5 Å². The van der Waals surface area contributed by atoms with Gasteiger partial charge in [-0.25, -0.2) is 4.68 Å². The maximum atomic E-state index is 12.9. The van der Waals surface area contributed by atoms with Gasteiger partial charge in [0.25, 0.3) is 5.91 Å². The Hall–Kier alpha value is -4.17. The summed E-state index contributed by atoms with van der Waals surface area (Å²) in [5, 5.41) is 7.77.